The highest BCUT2D eigenvalue weighted by molar-refractivity contribution is 5.91. The Labute approximate surface area is 178 Å². The predicted molar refractivity (Wildman–Crippen MR) is 113 cm³/mol. The zero-order valence-electron chi connectivity index (χ0n) is 17.0. The van der Waals surface area contributed by atoms with Crippen molar-refractivity contribution in [3.8, 4) is 28.9 Å². The molecule has 2 aliphatic heterocycles. The van der Waals surface area contributed by atoms with E-state index in [1.807, 2.05) is 24.3 Å². The predicted octanol–water partition coefficient (Wildman–Crippen LogP) is 2.33. The summed E-state index contributed by atoms with van der Waals surface area (Å²) in [4.78, 5) is 21.4. The average molecular weight is 421 g/mol. The van der Waals surface area contributed by atoms with Crippen molar-refractivity contribution in [2.45, 2.75) is 31.8 Å². The van der Waals surface area contributed by atoms with Crippen molar-refractivity contribution in [3.63, 3.8) is 0 Å². The number of benzene rings is 1. The molecule has 0 radical (unpaired) electrons. The van der Waals surface area contributed by atoms with Gasteiger partial charge in [0.15, 0.2) is 11.6 Å². The first kappa shape index (κ1) is 18.3. The first-order valence-corrected chi connectivity index (χ1v) is 10.7. The minimum absolute atomic E-state index is 0.295. The van der Waals surface area contributed by atoms with Crippen LogP contribution in [0.25, 0.3) is 22.6 Å². The van der Waals surface area contributed by atoms with Gasteiger partial charge in [0.1, 0.15) is 36.2 Å². The third-order valence-electron chi connectivity index (χ3n) is 5.95. The maximum absolute atomic E-state index is 11.9. The Balaban J connectivity index is 1.45. The van der Waals surface area contributed by atoms with Gasteiger partial charge >= 0.3 is 0 Å². The van der Waals surface area contributed by atoms with Crippen LogP contribution in [-0.2, 0) is 11.3 Å². The zero-order chi connectivity index (χ0) is 20.9. The topological polar surface area (TPSA) is 114 Å². The highest BCUT2D eigenvalue weighted by Crippen LogP contribution is 2.39. The molecule has 1 atom stereocenters. The number of carbonyl (C=O) groups excluding carboxylic acids is 1. The number of hydrogen-bond acceptors (Lipinski definition) is 7. The lowest BCUT2D eigenvalue weighted by Gasteiger charge is -2.17. The standard InChI is InChI=1S/C22H23N5O4/c23-20(28)18(12-2-3-12)24-13-10-15-19-17(11-13)29-7-1-6-27(19)21(25-15)14-4-5-16-22(26-14)31-9-8-30-16/h4-5,10-12,18,24H,1-3,6-9H2,(H2,23,28)/t18-/m0/s1. The summed E-state index contributed by atoms with van der Waals surface area (Å²) in [6, 6.07) is 7.28. The van der Waals surface area contributed by atoms with Crippen molar-refractivity contribution < 1.29 is 19.0 Å². The van der Waals surface area contributed by atoms with Crippen molar-refractivity contribution in [1.82, 2.24) is 14.5 Å². The zero-order valence-corrected chi connectivity index (χ0v) is 17.0. The number of nitrogens with zero attached hydrogens (tertiary/aromatic N) is 3. The molecule has 31 heavy (non-hydrogen) atoms. The lowest BCUT2D eigenvalue weighted by atomic mass is 10.1. The van der Waals surface area contributed by atoms with Gasteiger partial charge in [-0.3, -0.25) is 4.79 Å². The lowest BCUT2D eigenvalue weighted by molar-refractivity contribution is -0.119. The Bertz CT molecular complexity index is 1190. The smallest absolute Gasteiger partial charge is 0.257 e. The fourth-order valence-corrected chi connectivity index (χ4v) is 4.33. The number of aryl methyl sites for hydroxylation is 1. The van der Waals surface area contributed by atoms with Crippen LogP contribution >= 0.6 is 0 Å². The number of nitrogens with one attached hydrogen (secondary N) is 1. The van der Waals surface area contributed by atoms with E-state index in [9.17, 15) is 4.79 Å². The van der Waals surface area contributed by atoms with E-state index in [0.717, 1.165) is 59.8 Å². The largest absolute Gasteiger partial charge is 0.491 e. The second kappa shape index (κ2) is 7.04. The number of primary amides is 1. The van der Waals surface area contributed by atoms with Crippen LogP contribution in [0.2, 0.25) is 0 Å². The van der Waals surface area contributed by atoms with Crippen LogP contribution in [0.1, 0.15) is 19.3 Å². The van der Waals surface area contributed by atoms with E-state index < -0.39 is 0 Å². The van der Waals surface area contributed by atoms with Crippen LogP contribution in [-0.4, -0.2) is 46.3 Å². The highest BCUT2D eigenvalue weighted by Gasteiger charge is 2.35. The number of nitrogens with two attached hydrogens (primary N) is 1. The third kappa shape index (κ3) is 3.20. The number of rotatable bonds is 5. The Kier molecular flexibility index (Phi) is 4.15. The summed E-state index contributed by atoms with van der Waals surface area (Å²) in [5.41, 5.74) is 8.84. The number of ether oxygens (including phenoxy) is 3. The Morgan fingerprint density at radius 2 is 1.94 bits per heavy atom. The van der Waals surface area contributed by atoms with Gasteiger partial charge in [-0.15, -0.1) is 0 Å². The maximum Gasteiger partial charge on any atom is 0.257 e. The van der Waals surface area contributed by atoms with Crippen LogP contribution in [0.15, 0.2) is 24.3 Å². The summed E-state index contributed by atoms with van der Waals surface area (Å²) >= 11 is 0. The summed E-state index contributed by atoms with van der Waals surface area (Å²) in [7, 11) is 0. The molecular formula is C22H23N5O4. The molecule has 1 saturated carbocycles. The second-order valence-electron chi connectivity index (χ2n) is 8.19. The number of aromatic nitrogens is 3. The molecule has 0 spiro atoms. The first-order chi connectivity index (χ1) is 15.2. The Hall–Kier alpha value is -3.49. The molecule has 1 aromatic carbocycles. The molecule has 6 rings (SSSR count). The van der Waals surface area contributed by atoms with Crippen molar-refractivity contribution in [2.75, 3.05) is 25.1 Å². The monoisotopic (exact) mass is 421 g/mol. The van der Waals surface area contributed by atoms with E-state index >= 15 is 0 Å². The van der Waals surface area contributed by atoms with Crippen molar-refractivity contribution in [1.29, 1.82) is 0 Å². The van der Waals surface area contributed by atoms with Gasteiger partial charge < -0.3 is 29.8 Å². The number of fused-ring (bicyclic) bond motifs is 1. The SMILES string of the molecule is NC(=O)[C@@H](Nc1cc2c3c(c1)nc(-c1ccc4c(n1)OCCO4)n3CCCO2)C1CC1. The van der Waals surface area contributed by atoms with Gasteiger partial charge in [-0.1, -0.05) is 0 Å². The van der Waals surface area contributed by atoms with Crippen LogP contribution in [0.5, 0.6) is 17.4 Å². The molecule has 9 nitrogen and oxygen atoms in total. The fraction of sp³-hybridized carbons (Fsp3) is 0.409. The van der Waals surface area contributed by atoms with Crippen molar-refractivity contribution in [3.05, 3.63) is 24.3 Å². The Morgan fingerprint density at radius 3 is 2.77 bits per heavy atom. The summed E-state index contributed by atoms with van der Waals surface area (Å²) in [5.74, 6) is 2.60. The van der Waals surface area contributed by atoms with Gasteiger partial charge in [-0.05, 0) is 43.4 Å². The number of amides is 1. The number of pyridine rings is 1. The second-order valence-corrected chi connectivity index (χ2v) is 8.19. The van der Waals surface area contributed by atoms with Crippen LogP contribution in [0.3, 0.4) is 0 Å². The van der Waals surface area contributed by atoms with Gasteiger partial charge in [0.25, 0.3) is 5.88 Å². The maximum atomic E-state index is 11.9. The summed E-state index contributed by atoms with van der Waals surface area (Å²) < 4.78 is 19.4. The minimum atomic E-state index is -0.378. The van der Waals surface area contributed by atoms with E-state index in [1.54, 1.807) is 0 Å². The summed E-state index contributed by atoms with van der Waals surface area (Å²) in [6.07, 6.45) is 2.88. The third-order valence-corrected chi connectivity index (χ3v) is 5.95. The molecular weight excluding hydrogens is 398 g/mol. The number of anilines is 1. The molecule has 1 fully saturated rings. The summed E-state index contributed by atoms with van der Waals surface area (Å²) in [6.45, 7) is 2.38. The molecule has 2 aromatic heterocycles. The molecule has 9 heteroatoms. The van der Waals surface area contributed by atoms with E-state index in [4.69, 9.17) is 24.9 Å². The van der Waals surface area contributed by atoms with Gasteiger partial charge in [-0.25, -0.2) is 9.97 Å². The number of hydrogen-bond donors (Lipinski definition) is 2. The Morgan fingerprint density at radius 1 is 1.10 bits per heavy atom. The van der Waals surface area contributed by atoms with E-state index in [0.29, 0.717) is 37.4 Å². The van der Waals surface area contributed by atoms with Crippen molar-refractivity contribution in [2.24, 2.45) is 11.7 Å². The fourth-order valence-electron chi connectivity index (χ4n) is 4.33. The van der Waals surface area contributed by atoms with Gasteiger partial charge in [0, 0.05) is 18.3 Å². The molecule has 0 bridgehead atoms. The lowest BCUT2D eigenvalue weighted by Crippen LogP contribution is -2.37. The number of carbonyl (C=O) groups is 1. The van der Waals surface area contributed by atoms with E-state index in [1.165, 1.54) is 0 Å². The summed E-state index contributed by atoms with van der Waals surface area (Å²) in [5, 5.41) is 3.31. The number of imidazole rings is 1. The average Bonchev–Trinajstić information content (AvgIpc) is 3.57. The van der Waals surface area contributed by atoms with Crippen LogP contribution < -0.4 is 25.3 Å². The van der Waals surface area contributed by atoms with Gasteiger partial charge in [0.05, 0.1) is 12.1 Å². The quantitative estimate of drug-likeness (QED) is 0.650. The van der Waals surface area contributed by atoms with E-state index in [2.05, 4.69) is 14.9 Å². The molecule has 160 valence electrons. The molecule has 3 aliphatic rings. The molecule has 4 heterocycles. The molecule has 3 N–H and O–H groups in total. The van der Waals surface area contributed by atoms with Crippen LogP contribution in [0.4, 0.5) is 5.69 Å². The molecule has 0 saturated heterocycles. The van der Waals surface area contributed by atoms with Gasteiger partial charge in [-0.2, -0.15) is 0 Å². The first-order valence-electron chi connectivity index (χ1n) is 10.7. The molecule has 1 aliphatic carbocycles. The molecule has 3 aromatic rings. The van der Waals surface area contributed by atoms with Gasteiger partial charge in [0.2, 0.25) is 5.91 Å². The molecule has 1 amide bonds. The highest BCUT2D eigenvalue weighted by atomic mass is 16.6. The van der Waals surface area contributed by atoms with Crippen molar-refractivity contribution >= 4 is 22.6 Å². The van der Waals surface area contributed by atoms with Crippen LogP contribution in [0, 0.1) is 5.92 Å². The minimum Gasteiger partial charge on any atom is -0.491 e. The molecule has 0 unspecified atom stereocenters. The normalized spacial score (nSPS) is 18.2. The van der Waals surface area contributed by atoms with E-state index in [-0.39, 0.29) is 11.9 Å².